The molecule has 3 heterocycles. The number of aryl methyl sites for hydroxylation is 1. The molecule has 0 unspecified atom stereocenters. The Balaban J connectivity index is 1.40. The third-order valence-corrected chi connectivity index (χ3v) is 6.70. The lowest BCUT2D eigenvalue weighted by Crippen LogP contribution is -2.47. The number of nitrogens with zero attached hydrogens (tertiary/aromatic N) is 4. The van der Waals surface area contributed by atoms with Gasteiger partial charge in [-0.2, -0.15) is 0 Å². The summed E-state index contributed by atoms with van der Waals surface area (Å²) in [6, 6.07) is 7.96. The molecular weight excluding hydrogens is 432 g/mol. The van der Waals surface area contributed by atoms with Crippen molar-refractivity contribution >= 4 is 44.6 Å². The van der Waals surface area contributed by atoms with Gasteiger partial charge in [-0.1, -0.05) is 35.5 Å². The number of anilines is 1. The first-order chi connectivity index (χ1) is 15.0. The van der Waals surface area contributed by atoms with Crippen LogP contribution in [0.4, 0.5) is 5.88 Å². The number of allylic oxidation sites excluding steroid dienone is 5. The number of fused-ring (bicyclic) bond motifs is 1. The first kappa shape index (κ1) is 21.6. The van der Waals surface area contributed by atoms with Crippen LogP contribution < -0.4 is 9.74 Å². The summed E-state index contributed by atoms with van der Waals surface area (Å²) in [7, 11) is 0. The van der Waals surface area contributed by atoms with Crippen molar-refractivity contribution in [2.75, 3.05) is 31.1 Å². The summed E-state index contributed by atoms with van der Waals surface area (Å²) in [4.78, 5) is 12.8. The molecule has 1 saturated heterocycles. The van der Waals surface area contributed by atoms with E-state index in [9.17, 15) is 0 Å². The van der Waals surface area contributed by atoms with E-state index in [0.29, 0.717) is 10.7 Å². The third kappa shape index (κ3) is 4.69. The average Bonchev–Trinajstić information content (AvgIpc) is 3.40. The van der Waals surface area contributed by atoms with Gasteiger partial charge in [-0.15, -0.1) is 16.4 Å². The van der Waals surface area contributed by atoms with E-state index < -0.39 is 0 Å². The molecule has 0 radical (unpaired) electrons. The number of hydrogen-bond donors (Lipinski definition) is 0. The van der Waals surface area contributed by atoms with Crippen molar-refractivity contribution in [3.63, 3.8) is 0 Å². The van der Waals surface area contributed by atoms with Crippen LogP contribution in [0.3, 0.4) is 0 Å². The minimum absolute atomic E-state index is 0.628. The minimum Gasteiger partial charge on any atom is -0.406 e. The van der Waals surface area contributed by atoms with Crippen molar-refractivity contribution in [3.8, 4) is 5.75 Å². The molecule has 1 aromatic carbocycles. The molecule has 0 atom stereocenters. The van der Waals surface area contributed by atoms with Gasteiger partial charge in [-0.25, -0.2) is 4.98 Å². The number of piperazine rings is 1. The Hall–Kier alpha value is -2.61. The lowest BCUT2D eigenvalue weighted by Gasteiger charge is -2.33. The van der Waals surface area contributed by atoms with Crippen LogP contribution in [0, 0.1) is 6.92 Å². The summed E-state index contributed by atoms with van der Waals surface area (Å²) in [5, 5.41) is 7.86. The number of hydrogen-bond acceptors (Lipinski definition) is 7. The van der Waals surface area contributed by atoms with Crippen LogP contribution in [0.25, 0.3) is 15.8 Å². The van der Waals surface area contributed by atoms with Crippen molar-refractivity contribution < 1.29 is 9.36 Å². The van der Waals surface area contributed by atoms with Crippen molar-refractivity contribution in [2.24, 2.45) is 0 Å². The van der Waals surface area contributed by atoms with Gasteiger partial charge in [0.2, 0.25) is 5.88 Å². The van der Waals surface area contributed by atoms with E-state index in [4.69, 9.17) is 21.0 Å². The van der Waals surface area contributed by atoms with E-state index >= 15 is 0 Å². The fraction of sp³-hybridized carbons (Fsp3) is 0.304. The van der Waals surface area contributed by atoms with Gasteiger partial charge in [-0.05, 0) is 38.5 Å². The predicted octanol–water partition coefficient (Wildman–Crippen LogP) is 5.81. The topological polar surface area (TPSA) is 54.6 Å². The molecule has 8 heteroatoms. The number of halogens is 1. The molecule has 1 aliphatic rings. The molecular formula is C23H25ClN4O2S. The fourth-order valence-corrected chi connectivity index (χ4v) is 4.51. The molecule has 0 amide bonds. The zero-order valence-electron chi connectivity index (χ0n) is 17.9. The Morgan fingerprint density at radius 3 is 2.74 bits per heavy atom. The van der Waals surface area contributed by atoms with Crippen LogP contribution in [0.15, 0.2) is 58.1 Å². The summed E-state index contributed by atoms with van der Waals surface area (Å²) in [5.74, 6) is 1.53. The van der Waals surface area contributed by atoms with Crippen LogP contribution in [0.1, 0.15) is 24.5 Å². The molecule has 31 heavy (non-hydrogen) atoms. The van der Waals surface area contributed by atoms with E-state index in [0.717, 1.165) is 59.5 Å². The summed E-state index contributed by atoms with van der Waals surface area (Å²) < 4.78 is 6.78. The van der Waals surface area contributed by atoms with E-state index in [1.165, 1.54) is 4.70 Å². The number of aromatic nitrogens is 2. The molecule has 0 aliphatic carbocycles. The highest BCUT2D eigenvalue weighted by molar-refractivity contribution is 7.18. The van der Waals surface area contributed by atoms with Crippen LogP contribution in [0.2, 0.25) is 0 Å². The fourth-order valence-electron chi connectivity index (χ4n) is 3.42. The quantitative estimate of drug-likeness (QED) is 0.436. The van der Waals surface area contributed by atoms with Crippen LogP contribution in [-0.4, -0.2) is 41.4 Å². The zero-order chi connectivity index (χ0) is 22.0. The second-order valence-electron chi connectivity index (χ2n) is 7.32. The molecule has 1 fully saturated rings. The Labute approximate surface area is 191 Å². The lowest BCUT2D eigenvalue weighted by molar-refractivity contribution is -0.0622. The maximum atomic E-state index is 6.48. The molecule has 162 valence electrons. The number of benzene rings is 1. The monoisotopic (exact) mass is 456 g/mol. The van der Waals surface area contributed by atoms with Crippen LogP contribution in [0.5, 0.6) is 5.75 Å². The van der Waals surface area contributed by atoms with Gasteiger partial charge in [0.1, 0.15) is 11.4 Å². The molecule has 6 nitrogen and oxygen atoms in total. The molecule has 2 aromatic heterocycles. The highest BCUT2D eigenvalue weighted by atomic mass is 35.5. The number of thiazole rings is 1. The number of rotatable bonds is 6. The smallest absolute Gasteiger partial charge is 0.227 e. The number of hydroxylamine groups is 2. The average molecular weight is 457 g/mol. The Kier molecular flexibility index (Phi) is 6.46. The molecule has 0 spiro atoms. The first-order valence-corrected chi connectivity index (χ1v) is 11.4. The van der Waals surface area contributed by atoms with E-state index in [2.05, 4.69) is 27.7 Å². The van der Waals surface area contributed by atoms with E-state index in [1.54, 1.807) is 17.4 Å². The Morgan fingerprint density at radius 2 is 2.03 bits per heavy atom. The largest absolute Gasteiger partial charge is 0.406 e. The van der Waals surface area contributed by atoms with Crippen LogP contribution >= 0.6 is 22.9 Å². The molecule has 0 saturated carbocycles. The SMILES string of the molecule is C=C/C(=C(Cl)\C(C)=C/C)c1cc(N2CCN(Oc3ccc4sc(C)nc4c3)CC2)on1. The minimum atomic E-state index is 0.628. The molecule has 0 bridgehead atoms. The highest BCUT2D eigenvalue weighted by Crippen LogP contribution is 2.30. The molecule has 4 rings (SSSR count). The molecule has 3 aromatic rings. The first-order valence-electron chi connectivity index (χ1n) is 10.2. The van der Waals surface area contributed by atoms with Crippen molar-refractivity contribution in [3.05, 3.63) is 64.3 Å². The van der Waals surface area contributed by atoms with Gasteiger partial charge in [0.25, 0.3) is 0 Å². The second kappa shape index (κ2) is 9.26. The van der Waals surface area contributed by atoms with E-state index in [1.807, 2.05) is 50.1 Å². The van der Waals surface area contributed by atoms with Gasteiger partial charge >= 0.3 is 0 Å². The molecule has 0 N–H and O–H groups in total. The van der Waals surface area contributed by atoms with Gasteiger partial charge in [0, 0.05) is 30.8 Å². The second-order valence-corrected chi connectivity index (χ2v) is 8.94. The summed E-state index contributed by atoms with van der Waals surface area (Å²) in [5.41, 5.74) is 3.40. The third-order valence-electron chi connectivity index (χ3n) is 5.24. The predicted molar refractivity (Wildman–Crippen MR) is 128 cm³/mol. The van der Waals surface area contributed by atoms with Crippen molar-refractivity contribution in [1.82, 2.24) is 15.2 Å². The Bertz CT molecular complexity index is 1160. The Morgan fingerprint density at radius 1 is 1.26 bits per heavy atom. The van der Waals surface area contributed by atoms with Crippen molar-refractivity contribution in [1.29, 1.82) is 0 Å². The van der Waals surface area contributed by atoms with Crippen LogP contribution in [-0.2, 0) is 0 Å². The van der Waals surface area contributed by atoms with Gasteiger partial charge in [0.05, 0.1) is 33.3 Å². The zero-order valence-corrected chi connectivity index (χ0v) is 19.5. The van der Waals surface area contributed by atoms with Crippen molar-refractivity contribution in [2.45, 2.75) is 20.8 Å². The van der Waals surface area contributed by atoms with Gasteiger partial charge < -0.3 is 14.3 Å². The maximum Gasteiger partial charge on any atom is 0.227 e. The normalized spacial score (nSPS) is 16.5. The maximum absolute atomic E-state index is 6.48. The standard InChI is InChI=1S/C23H25ClN4O2S/c1-5-15(3)23(24)18(6-2)19-14-22(29-26-19)27-9-11-28(12-10-27)30-17-7-8-21-20(13-17)25-16(4)31-21/h5-8,13-14H,2,9-12H2,1,3-4H3/b15-5-,23-18-. The van der Waals surface area contributed by atoms with Gasteiger partial charge in [0.15, 0.2) is 0 Å². The highest BCUT2D eigenvalue weighted by Gasteiger charge is 2.22. The lowest BCUT2D eigenvalue weighted by atomic mass is 10.1. The van der Waals surface area contributed by atoms with E-state index in [-0.39, 0.29) is 0 Å². The molecule has 1 aliphatic heterocycles. The summed E-state index contributed by atoms with van der Waals surface area (Å²) in [6.45, 7) is 12.8. The summed E-state index contributed by atoms with van der Waals surface area (Å²) >= 11 is 8.17. The van der Waals surface area contributed by atoms with Gasteiger partial charge in [-0.3, -0.25) is 0 Å². The summed E-state index contributed by atoms with van der Waals surface area (Å²) in [6.07, 6.45) is 3.67.